The highest BCUT2D eigenvalue weighted by Crippen LogP contribution is 2.21. The minimum atomic E-state index is -0.226. The summed E-state index contributed by atoms with van der Waals surface area (Å²) in [4.78, 5) is 12.6. The summed E-state index contributed by atoms with van der Waals surface area (Å²) >= 11 is 1.52. The van der Waals surface area contributed by atoms with Gasteiger partial charge in [-0.1, -0.05) is 42.1 Å². The molecule has 140 valence electrons. The number of carbonyl (C=O) groups excluding carboxylic acids is 1. The van der Waals surface area contributed by atoms with E-state index in [1.54, 1.807) is 35.9 Å². The van der Waals surface area contributed by atoms with Gasteiger partial charge in [0.2, 0.25) is 5.16 Å². The van der Waals surface area contributed by atoms with Crippen molar-refractivity contribution < 1.29 is 9.53 Å². The maximum Gasteiger partial charge on any atom is 0.270 e. The van der Waals surface area contributed by atoms with Crippen molar-refractivity contribution in [1.82, 2.24) is 14.9 Å². The lowest BCUT2D eigenvalue weighted by Gasteiger charge is -2.12. The van der Waals surface area contributed by atoms with Crippen LogP contribution >= 0.6 is 11.8 Å². The maximum atomic E-state index is 12.6. The zero-order chi connectivity index (χ0) is 19.2. The van der Waals surface area contributed by atoms with Crippen molar-refractivity contribution in [3.05, 3.63) is 71.5 Å². The van der Waals surface area contributed by atoms with Gasteiger partial charge >= 0.3 is 0 Å². The van der Waals surface area contributed by atoms with Gasteiger partial charge in [0.1, 0.15) is 11.6 Å². The fourth-order valence-electron chi connectivity index (χ4n) is 2.41. The third kappa shape index (κ3) is 5.10. The Bertz CT molecular complexity index is 892. The molecule has 1 aromatic heterocycles. The van der Waals surface area contributed by atoms with E-state index in [4.69, 9.17) is 4.74 Å². The Morgan fingerprint density at radius 1 is 1.11 bits per heavy atom. The standard InChI is InChI=1S/C20H22N4O2S/c1-14(2)26-18-11-9-17(10-12-18)19(25)23-24-15(3)21-22-20(24)27-13-16-7-5-4-6-8-16/h4-12,14H,13H2,1-3H3,(H,23,25). The second-order valence-corrected chi connectivity index (χ2v) is 7.21. The van der Waals surface area contributed by atoms with Crippen molar-refractivity contribution in [2.45, 2.75) is 37.8 Å². The first-order valence-electron chi connectivity index (χ1n) is 8.70. The van der Waals surface area contributed by atoms with Crippen LogP contribution < -0.4 is 10.2 Å². The Kier molecular flexibility index (Phi) is 6.13. The molecule has 0 saturated heterocycles. The van der Waals surface area contributed by atoms with E-state index in [9.17, 15) is 4.79 Å². The van der Waals surface area contributed by atoms with E-state index >= 15 is 0 Å². The molecule has 0 aliphatic carbocycles. The number of amides is 1. The number of nitrogens with one attached hydrogen (secondary N) is 1. The molecule has 1 heterocycles. The van der Waals surface area contributed by atoms with Gasteiger partial charge in [-0.05, 0) is 50.6 Å². The van der Waals surface area contributed by atoms with Crippen molar-refractivity contribution in [3.63, 3.8) is 0 Å². The Morgan fingerprint density at radius 2 is 1.81 bits per heavy atom. The molecular formula is C20H22N4O2S. The van der Waals surface area contributed by atoms with Crippen LogP contribution in [-0.2, 0) is 5.75 Å². The molecule has 0 radical (unpaired) electrons. The lowest BCUT2D eigenvalue weighted by atomic mass is 10.2. The molecule has 0 saturated carbocycles. The quantitative estimate of drug-likeness (QED) is 0.624. The predicted octanol–water partition coefficient (Wildman–Crippen LogP) is 4.05. The van der Waals surface area contributed by atoms with Gasteiger partial charge in [-0.2, -0.15) is 0 Å². The Morgan fingerprint density at radius 3 is 2.48 bits per heavy atom. The summed E-state index contributed by atoms with van der Waals surface area (Å²) in [6.07, 6.45) is 0.0912. The number of thioether (sulfide) groups is 1. The third-order valence-corrected chi connectivity index (χ3v) is 4.71. The van der Waals surface area contributed by atoms with Gasteiger partial charge in [0.25, 0.3) is 5.91 Å². The van der Waals surface area contributed by atoms with Gasteiger partial charge in [-0.25, -0.2) is 4.68 Å². The first kappa shape index (κ1) is 19.0. The lowest BCUT2D eigenvalue weighted by molar-refractivity contribution is 0.100. The molecule has 2 aromatic carbocycles. The molecule has 1 N–H and O–H groups in total. The molecule has 1 amide bonds. The monoisotopic (exact) mass is 382 g/mol. The number of ether oxygens (including phenoxy) is 1. The molecule has 0 aliphatic rings. The van der Waals surface area contributed by atoms with E-state index in [1.165, 1.54) is 17.3 Å². The van der Waals surface area contributed by atoms with Gasteiger partial charge in [0.05, 0.1) is 6.10 Å². The number of benzene rings is 2. The first-order chi connectivity index (χ1) is 13.0. The molecule has 0 fully saturated rings. The van der Waals surface area contributed by atoms with Crippen LogP contribution in [0.4, 0.5) is 0 Å². The highest BCUT2D eigenvalue weighted by molar-refractivity contribution is 7.98. The van der Waals surface area contributed by atoms with Gasteiger partial charge in [-0.3, -0.25) is 10.2 Å². The summed E-state index contributed by atoms with van der Waals surface area (Å²) in [5, 5.41) is 8.89. The molecule has 27 heavy (non-hydrogen) atoms. The van der Waals surface area contributed by atoms with E-state index in [2.05, 4.69) is 27.8 Å². The predicted molar refractivity (Wildman–Crippen MR) is 107 cm³/mol. The van der Waals surface area contributed by atoms with Crippen LogP contribution in [0.1, 0.15) is 35.6 Å². The largest absolute Gasteiger partial charge is 0.491 e. The Hall–Kier alpha value is -2.80. The summed E-state index contributed by atoms with van der Waals surface area (Å²) in [6.45, 7) is 5.73. The molecule has 7 heteroatoms. The van der Waals surface area contributed by atoms with Crippen molar-refractivity contribution >= 4 is 17.7 Å². The van der Waals surface area contributed by atoms with E-state index in [-0.39, 0.29) is 12.0 Å². The second-order valence-electron chi connectivity index (χ2n) is 6.27. The SMILES string of the molecule is Cc1nnc(SCc2ccccc2)n1NC(=O)c1ccc(OC(C)C)cc1. The minimum Gasteiger partial charge on any atom is -0.491 e. The minimum absolute atomic E-state index is 0.0912. The van der Waals surface area contributed by atoms with Crippen molar-refractivity contribution in [2.75, 3.05) is 5.43 Å². The second kappa shape index (κ2) is 8.73. The Labute approximate surface area is 162 Å². The normalized spacial score (nSPS) is 10.8. The highest BCUT2D eigenvalue weighted by Gasteiger charge is 2.14. The van der Waals surface area contributed by atoms with Crippen LogP contribution in [0.25, 0.3) is 0 Å². The number of nitrogens with zero attached hydrogens (tertiary/aromatic N) is 3. The lowest BCUT2D eigenvalue weighted by Crippen LogP contribution is -2.24. The summed E-state index contributed by atoms with van der Waals surface area (Å²) in [6, 6.07) is 17.2. The summed E-state index contributed by atoms with van der Waals surface area (Å²) < 4.78 is 7.23. The van der Waals surface area contributed by atoms with Gasteiger partial charge in [-0.15, -0.1) is 10.2 Å². The molecule has 0 spiro atoms. The molecular weight excluding hydrogens is 360 g/mol. The number of carbonyl (C=O) groups is 1. The zero-order valence-electron chi connectivity index (χ0n) is 15.5. The molecule has 3 rings (SSSR count). The average Bonchev–Trinajstić information content (AvgIpc) is 3.01. The van der Waals surface area contributed by atoms with Crippen LogP contribution in [0.15, 0.2) is 59.8 Å². The fraction of sp³-hybridized carbons (Fsp3) is 0.250. The number of rotatable bonds is 7. The number of hydrogen-bond donors (Lipinski definition) is 1. The van der Waals surface area contributed by atoms with Crippen LogP contribution in [0, 0.1) is 6.92 Å². The highest BCUT2D eigenvalue weighted by atomic mass is 32.2. The van der Waals surface area contributed by atoms with E-state index in [1.807, 2.05) is 32.0 Å². The zero-order valence-corrected chi connectivity index (χ0v) is 16.4. The van der Waals surface area contributed by atoms with Crippen LogP contribution in [0.5, 0.6) is 5.75 Å². The molecule has 6 nitrogen and oxygen atoms in total. The topological polar surface area (TPSA) is 69.0 Å². The van der Waals surface area contributed by atoms with Crippen molar-refractivity contribution in [2.24, 2.45) is 0 Å². The summed E-state index contributed by atoms with van der Waals surface area (Å²) in [5.41, 5.74) is 4.58. The van der Waals surface area contributed by atoms with Crippen LogP contribution in [-0.4, -0.2) is 26.9 Å². The molecule has 0 unspecified atom stereocenters. The maximum absolute atomic E-state index is 12.6. The van der Waals surface area contributed by atoms with Crippen LogP contribution in [0.2, 0.25) is 0 Å². The van der Waals surface area contributed by atoms with Crippen LogP contribution in [0.3, 0.4) is 0 Å². The summed E-state index contributed by atoms with van der Waals surface area (Å²) in [5.74, 6) is 1.88. The van der Waals surface area contributed by atoms with E-state index in [0.29, 0.717) is 16.5 Å². The number of aryl methyl sites for hydroxylation is 1. The van der Waals surface area contributed by atoms with E-state index in [0.717, 1.165) is 11.5 Å². The van der Waals surface area contributed by atoms with E-state index < -0.39 is 0 Å². The fourth-order valence-corrected chi connectivity index (χ4v) is 3.30. The van der Waals surface area contributed by atoms with Gasteiger partial charge in [0.15, 0.2) is 0 Å². The third-order valence-electron chi connectivity index (χ3n) is 3.71. The molecule has 0 atom stereocenters. The number of hydrogen-bond acceptors (Lipinski definition) is 5. The average molecular weight is 382 g/mol. The molecule has 0 aliphatic heterocycles. The van der Waals surface area contributed by atoms with Gasteiger partial charge in [0, 0.05) is 11.3 Å². The van der Waals surface area contributed by atoms with Gasteiger partial charge < -0.3 is 4.74 Å². The number of aromatic nitrogens is 3. The first-order valence-corrected chi connectivity index (χ1v) is 9.68. The summed E-state index contributed by atoms with van der Waals surface area (Å²) in [7, 11) is 0. The molecule has 0 bridgehead atoms. The van der Waals surface area contributed by atoms with Crippen molar-refractivity contribution in [1.29, 1.82) is 0 Å². The smallest absolute Gasteiger partial charge is 0.270 e. The molecule has 3 aromatic rings. The van der Waals surface area contributed by atoms with Crippen molar-refractivity contribution in [3.8, 4) is 5.75 Å². The Balaban J connectivity index is 1.68.